The summed E-state index contributed by atoms with van der Waals surface area (Å²) in [6.07, 6.45) is 1.63. The zero-order valence-electron chi connectivity index (χ0n) is 14.4. The standard InChI is InChI=1S/C19H18N2O5/c1-25-14-9-7-13(8-10-14)19(12-21(23)24,18(22)26-2)16-11-20-17-6-4-3-5-15(16)17/h3-11,20H,12H2,1-2H3/t19-/m1/s1. The number of carbonyl (C=O) groups excluding carboxylic acids is 1. The van der Waals surface area contributed by atoms with Crippen LogP contribution in [-0.2, 0) is 14.9 Å². The maximum absolute atomic E-state index is 12.9. The van der Waals surface area contributed by atoms with Gasteiger partial charge in [-0.25, -0.2) is 0 Å². The smallest absolute Gasteiger partial charge is 0.327 e. The van der Waals surface area contributed by atoms with Crippen molar-refractivity contribution in [3.63, 3.8) is 0 Å². The van der Waals surface area contributed by atoms with Crippen LogP contribution in [-0.4, -0.2) is 36.6 Å². The highest BCUT2D eigenvalue weighted by Crippen LogP contribution is 2.39. The molecule has 0 bridgehead atoms. The van der Waals surface area contributed by atoms with E-state index in [1.54, 1.807) is 30.5 Å². The number of H-pyrrole nitrogens is 1. The number of para-hydroxylation sites is 1. The molecule has 0 unspecified atom stereocenters. The fourth-order valence-electron chi connectivity index (χ4n) is 3.29. The lowest BCUT2D eigenvalue weighted by molar-refractivity contribution is -0.486. The van der Waals surface area contributed by atoms with Crippen LogP contribution in [0.3, 0.4) is 0 Å². The van der Waals surface area contributed by atoms with Crippen molar-refractivity contribution >= 4 is 16.9 Å². The molecule has 0 spiro atoms. The van der Waals surface area contributed by atoms with Crippen molar-refractivity contribution < 1.29 is 19.2 Å². The average Bonchev–Trinajstić information content (AvgIpc) is 3.10. The van der Waals surface area contributed by atoms with Crippen molar-refractivity contribution in [2.75, 3.05) is 20.8 Å². The van der Waals surface area contributed by atoms with Crippen LogP contribution in [0.5, 0.6) is 5.75 Å². The zero-order valence-corrected chi connectivity index (χ0v) is 14.4. The molecule has 7 nitrogen and oxygen atoms in total. The summed E-state index contributed by atoms with van der Waals surface area (Å²) >= 11 is 0. The number of nitrogens with one attached hydrogen (secondary N) is 1. The number of hydrogen-bond donors (Lipinski definition) is 1. The normalized spacial score (nSPS) is 13.2. The third-order valence-electron chi connectivity index (χ3n) is 4.53. The Morgan fingerprint density at radius 1 is 1.15 bits per heavy atom. The first-order valence-electron chi connectivity index (χ1n) is 7.94. The summed E-state index contributed by atoms with van der Waals surface area (Å²) < 4.78 is 10.2. The molecule has 0 amide bonds. The topological polar surface area (TPSA) is 94.5 Å². The highest BCUT2D eigenvalue weighted by molar-refractivity contribution is 5.95. The van der Waals surface area contributed by atoms with Crippen molar-refractivity contribution in [2.24, 2.45) is 0 Å². The summed E-state index contributed by atoms with van der Waals surface area (Å²) in [5.41, 5.74) is 0.172. The third-order valence-corrected chi connectivity index (χ3v) is 4.53. The van der Waals surface area contributed by atoms with Crippen LogP contribution in [0.15, 0.2) is 54.7 Å². The first-order valence-corrected chi connectivity index (χ1v) is 7.94. The number of rotatable bonds is 6. The van der Waals surface area contributed by atoms with Crippen molar-refractivity contribution in [1.82, 2.24) is 4.98 Å². The minimum Gasteiger partial charge on any atom is -0.497 e. The van der Waals surface area contributed by atoms with Crippen LogP contribution in [0.25, 0.3) is 10.9 Å². The number of fused-ring (bicyclic) bond motifs is 1. The second-order valence-corrected chi connectivity index (χ2v) is 5.86. The summed E-state index contributed by atoms with van der Waals surface area (Å²) in [4.78, 5) is 27.0. The van der Waals surface area contributed by atoms with E-state index in [9.17, 15) is 14.9 Å². The van der Waals surface area contributed by atoms with E-state index in [1.807, 2.05) is 24.3 Å². The Hall–Kier alpha value is -3.35. The lowest BCUT2D eigenvalue weighted by atomic mass is 9.74. The van der Waals surface area contributed by atoms with Gasteiger partial charge < -0.3 is 14.5 Å². The molecule has 1 N–H and O–H groups in total. The van der Waals surface area contributed by atoms with E-state index < -0.39 is 22.9 Å². The molecule has 134 valence electrons. The summed E-state index contributed by atoms with van der Waals surface area (Å²) in [7, 11) is 2.76. The molecular weight excluding hydrogens is 336 g/mol. The highest BCUT2D eigenvalue weighted by Gasteiger charge is 2.49. The second-order valence-electron chi connectivity index (χ2n) is 5.86. The minimum atomic E-state index is -1.58. The number of methoxy groups -OCH3 is 2. The van der Waals surface area contributed by atoms with Crippen LogP contribution < -0.4 is 4.74 Å². The first-order chi connectivity index (χ1) is 12.5. The van der Waals surface area contributed by atoms with E-state index in [4.69, 9.17) is 9.47 Å². The van der Waals surface area contributed by atoms with Crippen LogP contribution in [0, 0.1) is 10.1 Å². The van der Waals surface area contributed by atoms with Crippen molar-refractivity contribution in [3.8, 4) is 5.75 Å². The molecule has 3 aromatic rings. The molecule has 0 aliphatic carbocycles. The minimum absolute atomic E-state index is 0.464. The SMILES string of the molecule is COC(=O)[C@](C[N+](=O)[O-])(c1ccc(OC)cc1)c1c[nH]c2ccccc12. The quantitative estimate of drug-likeness (QED) is 0.417. The molecule has 1 aromatic heterocycles. The number of benzene rings is 2. The predicted octanol–water partition coefficient (Wildman–Crippen LogP) is 2.91. The van der Waals surface area contributed by atoms with Crippen molar-refractivity contribution in [3.05, 3.63) is 76.0 Å². The van der Waals surface area contributed by atoms with E-state index in [0.29, 0.717) is 16.9 Å². The average molecular weight is 354 g/mol. The van der Waals surface area contributed by atoms with Crippen molar-refractivity contribution in [2.45, 2.75) is 5.41 Å². The zero-order chi connectivity index (χ0) is 18.7. The predicted molar refractivity (Wildman–Crippen MR) is 96.0 cm³/mol. The highest BCUT2D eigenvalue weighted by atomic mass is 16.6. The number of ether oxygens (including phenoxy) is 2. The third kappa shape index (κ3) is 2.77. The van der Waals surface area contributed by atoms with E-state index in [-0.39, 0.29) is 0 Å². The largest absolute Gasteiger partial charge is 0.497 e. The molecule has 26 heavy (non-hydrogen) atoms. The molecule has 0 saturated carbocycles. The molecule has 2 aromatic carbocycles. The lowest BCUT2D eigenvalue weighted by Gasteiger charge is -2.27. The van der Waals surface area contributed by atoms with Crippen LogP contribution in [0.1, 0.15) is 11.1 Å². The van der Waals surface area contributed by atoms with Gasteiger partial charge in [0.05, 0.1) is 14.2 Å². The molecular formula is C19H18N2O5. The molecule has 3 rings (SSSR count). The summed E-state index contributed by atoms with van der Waals surface area (Å²) in [5.74, 6) is -0.100. The Balaban J connectivity index is 2.32. The number of esters is 1. The second kappa shape index (κ2) is 6.87. The lowest BCUT2D eigenvalue weighted by Crippen LogP contribution is -2.44. The van der Waals surface area contributed by atoms with Gasteiger partial charge in [-0.05, 0) is 23.8 Å². The van der Waals surface area contributed by atoms with Crippen LogP contribution in [0.2, 0.25) is 0 Å². The van der Waals surface area contributed by atoms with Gasteiger partial charge in [0.15, 0.2) is 5.41 Å². The fraction of sp³-hybridized carbons (Fsp3) is 0.211. The Morgan fingerprint density at radius 3 is 2.46 bits per heavy atom. The Bertz CT molecular complexity index is 948. The van der Waals surface area contributed by atoms with E-state index in [0.717, 1.165) is 10.9 Å². The van der Waals surface area contributed by atoms with Gasteiger partial charge in [0.1, 0.15) is 5.75 Å². The molecule has 0 fully saturated rings. The number of aromatic amines is 1. The number of nitrogens with zero attached hydrogens (tertiary/aromatic N) is 1. The number of carbonyl (C=O) groups is 1. The molecule has 0 aliphatic rings. The van der Waals surface area contributed by atoms with Gasteiger partial charge >= 0.3 is 5.97 Å². The van der Waals surface area contributed by atoms with Crippen LogP contribution >= 0.6 is 0 Å². The molecule has 0 radical (unpaired) electrons. The van der Waals surface area contributed by atoms with Crippen molar-refractivity contribution in [1.29, 1.82) is 0 Å². The Kier molecular flexibility index (Phi) is 4.62. The van der Waals surface area contributed by atoms with Gasteiger partial charge in [0.25, 0.3) is 0 Å². The molecule has 1 heterocycles. The van der Waals surface area contributed by atoms with Crippen LogP contribution in [0.4, 0.5) is 0 Å². The Morgan fingerprint density at radius 2 is 1.85 bits per heavy atom. The van der Waals surface area contributed by atoms with Gasteiger partial charge in [-0.15, -0.1) is 0 Å². The summed E-state index contributed by atoms with van der Waals surface area (Å²) in [6.45, 7) is -0.631. The van der Waals surface area contributed by atoms with E-state index >= 15 is 0 Å². The fourth-order valence-corrected chi connectivity index (χ4v) is 3.29. The van der Waals surface area contributed by atoms with Gasteiger partial charge in [-0.1, -0.05) is 30.3 Å². The maximum atomic E-state index is 12.9. The first kappa shape index (κ1) is 17.5. The number of hydrogen-bond acceptors (Lipinski definition) is 5. The van der Waals surface area contributed by atoms with Gasteiger partial charge in [0, 0.05) is 27.6 Å². The maximum Gasteiger partial charge on any atom is 0.327 e. The molecule has 0 aliphatic heterocycles. The number of nitro groups is 1. The number of aromatic nitrogens is 1. The van der Waals surface area contributed by atoms with Gasteiger partial charge in [-0.2, -0.15) is 0 Å². The van der Waals surface area contributed by atoms with Gasteiger partial charge in [0.2, 0.25) is 6.54 Å². The van der Waals surface area contributed by atoms with Gasteiger partial charge in [-0.3, -0.25) is 14.9 Å². The monoisotopic (exact) mass is 354 g/mol. The Labute approximate surface area is 149 Å². The van der Waals surface area contributed by atoms with E-state index in [2.05, 4.69) is 4.98 Å². The molecule has 1 atom stereocenters. The van der Waals surface area contributed by atoms with E-state index in [1.165, 1.54) is 14.2 Å². The summed E-state index contributed by atoms with van der Waals surface area (Å²) in [5, 5.41) is 12.3. The molecule has 7 heteroatoms. The molecule has 0 saturated heterocycles. The summed E-state index contributed by atoms with van der Waals surface area (Å²) in [6, 6.07) is 14.0.